The molecule has 1 aliphatic rings. The van der Waals surface area contributed by atoms with E-state index in [1.165, 1.54) is 41.7 Å². The summed E-state index contributed by atoms with van der Waals surface area (Å²) in [5, 5.41) is 3.13. The first kappa shape index (κ1) is 18.9. The van der Waals surface area contributed by atoms with Crippen LogP contribution in [0.15, 0.2) is 29.2 Å². The van der Waals surface area contributed by atoms with Crippen LogP contribution in [-0.4, -0.2) is 25.4 Å². The molecule has 1 heterocycles. The second kappa shape index (κ2) is 7.81. The number of fused-ring (bicyclic) bond motifs is 1. The Hall–Kier alpha value is -1.84. The quantitative estimate of drug-likeness (QED) is 0.760. The predicted molar refractivity (Wildman–Crippen MR) is 98.2 cm³/mol. The summed E-state index contributed by atoms with van der Waals surface area (Å²) in [5.74, 6) is -1.40. The zero-order chi connectivity index (χ0) is 18.7. The van der Waals surface area contributed by atoms with Gasteiger partial charge in [-0.1, -0.05) is 18.6 Å². The SMILES string of the molecule is C[C@@H](NS(=O)(=O)c1ccccc1F)C(=O)Nc1nc2c(s1)CCCCC2. The van der Waals surface area contributed by atoms with Gasteiger partial charge in [-0.25, -0.2) is 17.8 Å². The smallest absolute Gasteiger partial charge is 0.244 e. The van der Waals surface area contributed by atoms with E-state index < -0.39 is 32.7 Å². The van der Waals surface area contributed by atoms with Crippen molar-refractivity contribution in [1.82, 2.24) is 9.71 Å². The van der Waals surface area contributed by atoms with Crippen molar-refractivity contribution in [2.45, 2.75) is 50.0 Å². The topological polar surface area (TPSA) is 88.2 Å². The maximum absolute atomic E-state index is 13.7. The van der Waals surface area contributed by atoms with Crippen LogP contribution in [0, 0.1) is 5.82 Å². The highest BCUT2D eigenvalue weighted by atomic mass is 32.2. The standard InChI is InChI=1S/C17H20FN3O3S2/c1-11(21-26(23,24)15-10-6-5-7-12(15)18)16(22)20-17-19-13-8-3-2-4-9-14(13)25-17/h5-7,10-11,21H,2-4,8-9H2,1H3,(H,19,20,22)/t11-/m1/s1. The minimum atomic E-state index is -4.14. The van der Waals surface area contributed by atoms with Crippen LogP contribution in [0.2, 0.25) is 0 Å². The fraction of sp³-hybridized carbons (Fsp3) is 0.412. The van der Waals surface area contributed by atoms with Crippen LogP contribution in [0.5, 0.6) is 0 Å². The Morgan fingerprint density at radius 2 is 1.96 bits per heavy atom. The number of benzene rings is 1. The van der Waals surface area contributed by atoms with Crippen LogP contribution in [-0.2, 0) is 27.7 Å². The van der Waals surface area contributed by atoms with Gasteiger partial charge < -0.3 is 5.32 Å². The summed E-state index contributed by atoms with van der Waals surface area (Å²) in [7, 11) is -4.14. The molecule has 0 fully saturated rings. The van der Waals surface area contributed by atoms with Gasteiger partial charge in [0.1, 0.15) is 10.7 Å². The molecule has 0 saturated carbocycles. The number of rotatable bonds is 5. The van der Waals surface area contributed by atoms with Gasteiger partial charge >= 0.3 is 0 Å². The molecule has 1 amide bonds. The minimum Gasteiger partial charge on any atom is -0.301 e. The number of amides is 1. The van der Waals surface area contributed by atoms with Gasteiger partial charge in [-0.15, -0.1) is 11.3 Å². The van der Waals surface area contributed by atoms with Gasteiger partial charge in [0, 0.05) is 4.88 Å². The van der Waals surface area contributed by atoms with Gasteiger partial charge in [0.15, 0.2) is 5.13 Å². The average molecular weight is 397 g/mol. The summed E-state index contributed by atoms with van der Waals surface area (Å²) in [6.07, 6.45) is 5.24. The Balaban J connectivity index is 1.67. The van der Waals surface area contributed by atoms with E-state index in [4.69, 9.17) is 0 Å². The van der Waals surface area contributed by atoms with Crippen molar-refractivity contribution < 1.29 is 17.6 Å². The second-order valence-corrected chi connectivity index (χ2v) is 8.98. The number of hydrogen-bond donors (Lipinski definition) is 2. The molecule has 0 bridgehead atoms. The number of thiazole rings is 1. The molecule has 2 aromatic rings. The normalized spacial score (nSPS) is 15.8. The molecule has 6 nitrogen and oxygen atoms in total. The summed E-state index contributed by atoms with van der Waals surface area (Å²) in [6.45, 7) is 1.41. The Morgan fingerprint density at radius 1 is 1.23 bits per heavy atom. The molecule has 1 aromatic heterocycles. The molecule has 1 aliphatic carbocycles. The number of nitrogens with one attached hydrogen (secondary N) is 2. The molecule has 9 heteroatoms. The van der Waals surface area contributed by atoms with Crippen molar-refractivity contribution in [1.29, 1.82) is 0 Å². The van der Waals surface area contributed by atoms with Crippen molar-refractivity contribution >= 4 is 32.4 Å². The first-order valence-electron chi connectivity index (χ1n) is 8.43. The van der Waals surface area contributed by atoms with E-state index in [0.717, 1.165) is 43.5 Å². The lowest BCUT2D eigenvalue weighted by atomic mass is 10.2. The molecule has 0 radical (unpaired) electrons. The van der Waals surface area contributed by atoms with Crippen LogP contribution < -0.4 is 10.0 Å². The zero-order valence-corrected chi connectivity index (χ0v) is 15.9. The van der Waals surface area contributed by atoms with Gasteiger partial charge in [-0.3, -0.25) is 4.79 Å². The molecule has 1 aromatic carbocycles. The maximum atomic E-state index is 13.7. The molecular weight excluding hydrogens is 377 g/mol. The fourth-order valence-corrected chi connectivity index (χ4v) is 5.14. The van der Waals surface area contributed by atoms with E-state index in [2.05, 4.69) is 15.0 Å². The molecule has 0 spiro atoms. The number of aromatic nitrogens is 1. The second-order valence-electron chi connectivity index (χ2n) is 6.21. The molecule has 0 aliphatic heterocycles. The van der Waals surface area contributed by atoms with Crippen molar-refractivity contribution in [2.75, 3.05) is 5.32 Å². The van der Waals surface area contributed by atoms with Gasteiger partial charge in [0.25, 0.3) is 0 Å². The van der Waals surface area contributed by atoms with Crippen molar-refractivity contribution in [3.05, 3.63) is 40.7 Å². The highest BCUT2D eigenvalue weighted by molar-refractivity contribution is 7.89. The number of nitrogens with zero attached hydrogens (tertiary/aromatic N) is 1. The van der Waals surface area contributed by atoms with Crippen LogP contribution in [0.3, 0.4) is 0 Å². The molecule has 26 heavy (non-hydrogen) atoms. The van der Waals surface area contributed by atoms with Gasteiger partial charge in [-0.05, 0) is 44.7 Å². The fourth-order valence-electron chi connectivity index (χ4n) is 2.81. The highest BCUT2D eigenvalue weighted by Crippen LogP contribution is 2.29. The van der Waals surface area contributed by atoms with Crippen LogP contribution >= 0.6 is 11.3 Å². The van der Waals surface area contributed by atoms with E-state index in [9.17, 15) is 17.6 Å². The minimum absolute atomic E-state index is 0.471. The van der Waals surface area contributed by atoms with Crippen molar-refractivity contribution in [3.63, 3.8) is 0 Å². The number of aryl methyl sites for hydroxylation is 2. The Kier molecular flexibility index (Phi) is 5.69. The zero-order valence-electron chi connectivity index (χ0n) is 14.3. The first-order chi connectivity index (χ1) is 12.4. The molecule has 2 N–H and O–H groups in total. The van der Waals surface area contributed by atoms with Crippen LogP contribution in [0.1, 0.15) is 36.8 Å². The van der Waals surface area contributed by atoms with Crippen LogP contribution in [0.4, 0.5) is 9.52 Å². The molecular formula is C17H20FN3O3S2. The summed E-state index contributed by atoms with van der Waals surface area (Å²) in [5.41, 5.74) is 1.02. The highest BCUT2D eigenvalue weighted by Gasteiger charge is 2.25. The Labute approximate surface area is 155 Å². The third-order valence-electron chi connectivity index (χ3n) is 4.18. The number of carbonyl (C=O) groups excluding carboxylic acids is 1. The summed E-state index contributed by atoms with van der Waals surface area (Å²) in [6, 6.07) is 3.97. The van der Waals surface area contributed by atoms with Crippen LogP contribution in [0.25, 0.3) is 0 Å². The van der Waals surface area contributed by atoms with Crippen molar-refractivity contribution in [3.8, 4) is 0 Å². The average Bonchev–Trinajstić information content (AvgIpc) is 2.83. The number of carbonyl (C=O) groups is 1. The molecule has 3 rings (SSSR count). The van der Waals surface area contributed by atoms with E-state index >= 15 is 0 Å². The molecule has 1 atom stereocenters. The van der Waals surface area contributed by atoms with E-state index in [0.29, 0.717) is 5.13 Å². The lowest BCUT2D eigenvalue weighted by Crippen LogP contribution is -2.41. The molecule has 140 valence electrons. The van der Waals surface area contributed by atoms with E-state index in [1.54, 1.807) is 0 Å². The third-order valence-corrected chi connectivity index (χ3v) is 6.82. The summed E-state index contributed by atoms with van der Waals surface area (Å²) in [4.78, 5) is 17.5. The number of sulfonamides is 1. The van der Waals surface area contributed by atoms with Crippen molar-refractivity contribution in [2.24, 2.45) is 0 Å². The van der Waals surface area contributed by atoms with Gasteiger partial charge in [0.05, 0.1) is 11.7 Å². The first-order valence-corrected chi connectivity index (χ1v) is 10.7. The van der Waals surface area contributed by atoms with E-state index in [-0.39, 0.29) is 0 Å². The summed E-state index contributed by atoms with van der Waals surface area (Å²) < 4.78 is 40.5. The molecule has 0 unspecified atom stereocenters. The largest absolute Gasteiger partial charge is 0.301 e. The number of anilines is 1. The van der Waals surface area contributed by atoms with Gasteiger partial charge in [0.2, 0.25) is 15.9 Å². The number of hydrogen-bond acceptors (Lipinski definition) is 5. The number of halogens is 1. The monoisotopic (exact) mass is 397 g/mol. The lowest BCUT2D eigenvalue weighted by molar-refractivity contribution is -0.117. The lowest BCUT2D eigenvalue weighted by Gasteiger charge is -2.13. The third kappa shape index (κ3) is 4.28. The Morgan fingerprint density at radius 3 is 2.73 bits per heavy atom. The summed E-state index contributed by atoms with van der Waals surface area (Å²) >= 11 is 1.43. The Bertz CT molecular complexity index is 888. The van der Waals surface area contributed by atoms with E-state index in [1.807, 2.05) is 0 Å². The maximum Gasteiger partial charge on any atom is 0.244 e. The predicted octanol–water partition coefficient (Wildman–Crippen LogP) is 2.86. The van der Waals surface area contributed by atoms with Gasteiger partial charge in [-0.2, -0.15) is 4.72 Å². The molecule has 0 saturated heterocycles.